The molecular formula is C21H17FN2O5S. The van der Waals surface area contributed by atoms with E-state index < -0.39 is 27.7 Å². The molecular weight excluding hydrogens is 411 g/mol. The van der Waals surface area contributed by atoms with E-state index in [1.54, 1.807) is 12.1 Å². The highest BCUT2D eigenvalue weighted by molar-refractivity contribution is 7.90. The molecule has 0 saturated heterocycles. The molecule has 0 heterocycles. The highest BCUT2D eigenvalue weighted by atomic mass is 32.2. The van der Waals surface area contributed by atoms with Crippen molar-refractivity contribution in [3.05, 3.63) is 89.7 Å². The molecule has 3 aromatic rings. The minimum atomic E-state index is -4.16. The lowest BCUT2D eigenvalue weighted by atomic mass is 10.2. The molecule has 0 unspecified atom stereocenters. The summed E-state index contributed by atoms with van der Waals surface area (Å²) in [4.78, 5) is 24.3. The van der Waals surface area contributed by atoms with Crippen LogP contribution in [0.5, 0.6) is 5.75 Å². The third-order valence-corrected chi connectivity index (χ3v) is 5.47. The van der Waals surface area contributed by atoms with Crippen molar-refractivity contribution in [3.8, 4) is 5.75 Å². The van der Waals surface area contributed by atoms with Gasteiger partial charge in [0, 0.05) is 5.69 Å². The molecule has 0 aromatic heterocycles. The number of para-hydroxylation sites is 1. The van der Waals surface area contributed by atoms with Gasteiger partial charge < -0.3 is 10.1 Å². The summed E-state index contributed by atoms with van der Waals surface area (Å²) in [5, 5.41) is 2.48. The lowest BCUT2D eigenvalue weighted by Gasteiger charge is -2.11. The molecule has 0 radical (unpaired) electrons. The Morgan fingerprint density at radius 2 is 1.43 bits per heavy atom. The van der Waals surface area contributed by atoms with Gasteiger partial charge in [-0.2, -0.15) is 0 Å². The molecule has 0 fully saturated rings. The molecule has 0 aliphatic carbocycles. The average Bonchev–Trinajstić information content (AvgIpc) is 2.74. The maximum Gasteiger partial charge on any atom is 0.268 e. The zero-order chi connectivity index (χ0) is 21.7. The SMILES string of the molecule is COc1ccccc1C(=O)NS(=O)(=O)c1ccc(NC(=O)c2ccccc2F)cc1. The van der Waals surface area contributed by atoms with Crippen LogP contribution >= 0.6 is 0 Å². The number of anilines is 1. The lowest BCUT2D eigenvalue weighted by Crippen LogP contribution is -2.30. The van der Waals surface area contributed by atoms with Gasteiger partial charge in [0.15, 0.2) is 0 Å². The van der Waals surface area contributed by atoms with Gasteiger partial charge in [-0.15, -0.1) is 0 Å². The maximum absolute atomic E-state index is 13.7. The van der Waals surface area contributed by atoms with E-state index in [1.165, 1.54) is 61.7 Å². The summed E-state index contributed by atoms with van der Waals surface area (Å²) >= 11 is 0. The number of nitrogens with one attached hydrogen (secondary N) is 2. The summed E-state index contributed by atoms with van der Waals surface area (Å²) in [6.45, 7) is 0. The van der Waals surface area contributed by atoms with E-state index in [1.807, 2.05) is 4.72 Å². The Hall–Kier alpha value is -3.72. The second-order valence-corrected chi connectivity index (χ2v) is 7.78. The van der Waals surface area contributed by atoms with E-state index in [9.17, 15) is 22.4 Å². The van der Waals surface area contributed by atoms with Crippen molar-refractivity contribution in [2.75, 3.05) is 12.4 Å². The number of benzene rings is 3. The Balaban J connectivity index is 1.74. The largest absolute Gasteiger partial charge is 0.496 e. The Morgan fingerprint density at radius 1 is 0.833 bits per heavy atom. The topological polar surface area (TPSA) is 102 Å². The van der Waals surface area contributed by atoms with Gasteiger partial charge in [0.25, 0.3) is 21.8 Å². The Morgan fingerprint density at radius 3 is 2.07 bits per heavy atom. The first kappa shape index (κ1) is 21.0. The number of carbonyl (C=O) groups is 2. The Bertz CT molecular complexity index is 1190. The summed E-state index contributed by atoms with van der Waals surface area (Å²) < 4.78 is 45.7. The number of hydrogen-bond donors (Lipinski definition) is 2. The van der Waals surface area contributed by atoms with Gasteiger partial charge in [0.2, 0.25) is 0 Å². The summed E-state index contributed by atoms with van der Waals surface area (Å²) in [6.07, 6.45) is 0. The molecule has 9 heteroatoms. The maximum atomic E-state index is 13.7. The molecule has 2 N–H and O–H groups in total. The fraction of sp³-hybridized carbons (Fsp3) is 0.0476. The highest BCUT2D eigenvalue weighted by Crippen LogP contribution is 2.19. The van der Waals surface area contributed by atoms with Crippen molar-refractivity contribution >= 4 is 27.5 Å². The monoisotopic (exact) mass is 428 g/mol. The van der Waals surface area contributed by atoms with Gasteiger partial charge in [-0.25, -0.2) is 17.5 Å². The fourth-order valence-corrected chi connectivity index (χ4v) is 3.60. The zero-order valence-corrected chi connectivity index (χ0v) is 16.6. The number of hydrogen-bond acceptors (Lipinski definition) is 5. The van der Waals surface area contributed by atoms with E-state index in [0.29, 0.717) is 0 Å². The second-order valence-electron chi connectivity index (χ2n) is 6.09. The van der Waals surface area contributed by atoms with Crippen molar-refractivity contribution in [3.63, 3.8) is 0 Å². The minimum absolute atomic E-state index is 0.0670. The van der Waals surface area contributed by atoms with Gasteiger partial charge in [-0.3, -0.25) is 9.59 Å². The van der Waals surface area contributed by atoms with Gasteiger partial charge in [0.1, 0.15) is 11.6 Å². The Kier molecular flexibility index (Phi) is 6.12. The van der Waals surface area contributed by atoms with Gasteiger partial charge in [-0.1, -0.05) is 24.3 Å². The quantitative estimate of drug-likeness (QED) is 0.628. The van der Waals surface area contributed by atoms with E-state index in [-0.39, 0.29) is 27.5 Å². The standard InChI is InChI=1S/C21H17FN2O5S/c1-29-19-9-5-3-7-17(19)21(26)24-30(27,28)15-12-10-14(11-13-15)23-20(25)16-6-2-4-8-18(16)22/h2-13H,1H3,(H,23,25)(H,24,26). The smallest absolute Gasteiger partial charge is 0.268 e. The number of ether oxygens (including phenoxy) is 1. The van der Waals surface area contributed by atoms with Crippen LogP contribution in [0, 0.1) is 5.82 Å². The molecule has 0 aliphatic heterocycles. The van der Waals surface area contributed by atoms with Crippen molar-refractivity contribution in [2.24, 2.45) is 0 Å². The predicted octanol–water partition coefficient (Wildman–Crippen LogP) is 3.21. The zero-order valence-electron chi connectivity index (χ0n) is 15.8. The van der Waals surface area contributed by atoms with Crippen molar-refractivity contribution in [1.82, 2.24) is 4.72 Å². The van der Waals surface area contributed by atoms with Crippen LogP contribution in [0.25, 0.3) is 0 Å². The normalized spacial score (nSPS) is 10.9. The lowest BCUT2D eigenvalue weighted by molar-refractivity contribution is 0.0976. The van der Waals surface area contributed by atoms with Crippen LogP contribution in [0.1, 0.15) is 20.7 Å². The molecule has 30 heavy (non-hydrogen) atoms. The molecule has 0 spiro atoms. The molecule has 0 saturated carbocycles. The number of amides is 2. The molecule has 3 aromatic carbocycles. The van der Waals surface area contributed by atoms with Gasteiger partial charge in [0.05, 0.1) is 23.1 Å². The molecule has 0 aliphatic rings. The molecule has 7 nitrogen and oxygen atoms in total. The van der Waals surface area contributed by atoms with E-state index in [4.69, 9.17) is 4.74 Å². The number of carbonyl (C=O) groups excluding carboxylic acids is 2. The summed E-state index contributed by atoms with van der Waals surface area (Å²) in [6, 6.07) is 16.8. The van der Waals surface area contributed by atoms with Crippen LogP contribution in [0.4, 0.5) is 10.1 Å². The van der Waals surface area contributed by atoms with Gasteiger partial charge >= 0.3 is 0 Å². The summed E-state index contributed by atoms with van der Waals surface area (Å²) in [5.74, 6) is -1.96. The molecule has 154 valence electrons. The van der Waals surface area contributed by atoms with E-state index in [2.05, 4.69) is 5.32 Å². The number of halogens is 1. The second kappa shape index (κ2) is 8.75. The van der Waals surface area contributed by atoms with Crippen molar-refractivity contribution in [1.29, 1.82) is 0 Å². The number of methoxy groups -OCH3 is 1. The van der Waals surface area contributed by atoms with Crippen LogP contribution < -0.4 is 14.8 Å². The van der Waals surface area contributed by atoms with E-state index in [0.717, 1.165) is 6.07 Å². The first-order chi connectivity index (χ1) is 14.3. The van der Waals surface area contributed by atoms with Crippen LogP contribution in [-0.4, -0.2) is 27.3 Å². The number of rotatable bonds is 6. The summed E-state index contributed by atoms with van der Waals surface area (Å²) in [5.41, 5.74) is 0.189. The fourth-order valence-electron chi connectivity index (χ4n) is 2.63. The molecule has 0 bridgehead atoms. The first-order valence-electron chi connectivity index (χ1n) is 8.68. The minimum Gasteiger partial charge on any atom is -0.496 e. The van der Waals surface area contributed by atoms with Crippen molar-refractivity contribution < 1.29 is 27.1 Å². The molecule has 0 atom stereocenters. The van der Waals surface area contributed by atoms with Crippen LogP contribution in [0.15, 0.2) is 77.7 Å². The Labute approximate surface area is 172 Å². The third kappa shape index (κ3) is 4.64. The van der Waals surface area contributed by atoms with Gasteiger partial charge in [-0.05, 0) is 48.5 Å². The van der Waals surface area contributed by atoms with Crippen LogP contribution in [0.3, 0.4) is 0 Å². The molecule has 3 rings (SSSR count). The summed E-state index contributed by atoms with van der Waals surface area (Å²) in [7, 11) is -2.79. The number of sulfonamides is 1. The molecule has 2 amide bonds. The average molecular weight is 428 g/mol. The third-order valence-electron chi connectivity index (χ3n) is 4.12. The highest BCUT2D eigenvalue weighted by Gasteiger charge is 2.21. The van der Waals surface area contributed by atoms with E-state index >= 15 is 0 Å². The van der Waals surface area contributed by atoms with Crippen LogP contribution in [0.2, 0.25) is 0 Å². The first-order valence-corrected chi connectivity index (χ1v) is 10.2. The van der Waals surface area contributed by atoms with Crippen LogP contribution in [-0.2, 0) is 10.0 Å². The predicted molar refractivity (Wildman–Crippen MR) is 108 cm³/mol. The van der Waals surface area contributed by atoms with Crippen molar-refractivity contribution in [2.45, 2.75) is 4.90 Å².